The molecule has 2 aromatic rings. The molecule has 6 heteroatoms. The van der Waals surface area contributed by atoms with Gasteiger partial charge in [0.25, 0.3) is 0 Å². The number of ether oxygens (including phenoxy) is 1. The fraction of sp³-hybridized carbons (Fsp3) is 0.364. The van der Waals surface area contributed by atoms with Gasteiger partial charge in [-0.1, -0.05) is 13.0 Å². The highest BCUT2D eigenvalue weighted by Gasteiger charge is 2.05. The van der Waals surface area contributed by atoms with E-state index in [4.69, 9.17) is 4.74 Å². The van der Waals surface area contributed by atoms with E-state index in [1.165, 1.54) is 11.5 Å². The van der Waals surface area contributed by atoms with Crippen molar-refractivity contribution in [3.63, 3.8) is 0 Å². The Morgan fingerprint density at radius 2 is 2.35 bits per heavy atom. The predicted octanol–water partition coefficient (Wildman–Crippen LogP) is 2.12. The Bertz CT molecular complexity index is 486. The van der Waals surface area contributed by atoms with Gasteiger partial charge in [-0.3, -0.25) is 0 Å². The van der Waals surface area contributed by atoms with Crippen molar-refractivity contribution in [2.24, 2.45) is 0 Å². The number of anilines is 1. The van der Waals surface area contributed by atoms with Crippen LogP contribution in [0.15, 0.2) is 18.3 Å². The van der Waals surface area contributed by atoms with Crippen LogP contribution in [0, 0.1) is 0 Å². The Kier molecular flexibility index (Phi) is 3.87. The third kappa shape index (κ3) is 2.91. The molecule has 0 amide bonds. The Morgan fingerprint density at radius 1 is 1.47 bits per heavy atom. The van der Waals surface area contributed by atoms with Crippen LogP contribution in [0.2, 0.25) is 0 Å². The molecule has 17 heavy (non-hydrogen) atoms. The van der Waals surface area contributed by atoms with Gasteiger partial charge in [-0.05, 0) is 6.07 Å². The molecule has 5 nitrogen and oxygen atoms in total. The molecule has 2 aromatic heterocycles. The van der Waals surface area contributed by atoms with Crippen molar-refractivity contribution in [2.75, 3.05) is 12.4 Å². The van der Waals surface area contributed by atoms with E-state index in [1.807, 2.05) is 19.1 Å². The van der Waals surface area contributed by atoms with Crippen LogP contribution in [0.3, 0.4) is 0 Å². The molecular formula is C11H14N4OS. The van der Waals surface area contributed by atoms with E-state index in [-0.39, 0.29) is 0 Å². The smallest absolute Gasteiger partial charge is 0.218 e. The van der Waals surface area contributed by atoms with Crippen molar-refractivity contribution in [3.05, 3.63) is 29.7 Å². The van der Waals surface area contributed by atoms with Crippen molar-refractivity contribution >= 4 is 16.7 Å². The highest BCUT2D eigenvalue weighted by Crippen LogP contribution is 2.17. The minimum Gasteiger partial charge on any atom is -0.481 e. The summed E-state index contributed by atoms with van der Waals surface area (Å²) in [6.07, 6.45) is 2.57. The van der Waals surface area contributed by atoms with Crippen LogP contribution in [0.1, 0.15) is 18.3 Å². The lowest BCUT2D eigenvalue weighted by Gasteiger charge is -2.06. The third-order valence-corrected chi connectivity index (χ3v) is 2.97. The quantitative estimate of drug-likeness (QED) is 0.880. The summed E-state index contributed by atoms with van der Waals surface area (Å²) in [6, 6.07) is 3.86. The van der Waals surface area contributed by atoms with E-state index in [1.54, 1.807) is 13.3 Å². The molecule has 0 saturated carbocycles. The summed E-state index contributed by atoms with van der Waals surface area (Å²) >= 11 is 1.37. The van der Waals surface area contributed by atoms with Crippen molar-refractivity contribution in [3.8, 4) is 5.88 Å². The van der Waals surface area contributed by atoms with Gasteiger partial charge in [-0.25, -0.2) is 9.97 Å². The molecule has 90 valence electrons. The lowest BCUT2D eigenvalue weighted by atomic mass is 10.3. The van der Waals surface area contributed by atoms with E-state index in [0.717, 1.165) is 22.9 Å². The van der Waals surface area contributed by atoms with Crippen LogP contribution in [0.25, 0.3) is 0 Å². The summed E-state index contributed by atoms with van der Waals surface area (Å²) < 4.78 is 9.39. The topological polar surface area (TPSA) is 59.9 Å². The Balaban J connectivity index is 2.01. The molecule has 0 aliphatic heterocycles. The fourth-order valence-corrected chi connectivity index (χ4v) is 2.03. The normalized spacial score (nSPS) is 10.2. The zero-order valence-corrected chi connectivity index (χ0v) is 10.6. The molecule has 0 atom stereocenters. The van der Waals surface area contributed by atoms with Crippen molar-refractivity contribution in [2.45, 2.75) is 19.9 Å². The lowest BCUT2D eigenvalue weighted by Crippen LogP contribution is -2.02. The number of methoxy groups -OCH3 is 1. The molecule has 0 saturated heterocycles. The molecule has 1 N–H and O–H groups in total. The molecular weight excluding hydrogens is 236 g/mol. The van der Waals surface area contributed by atoms with Crippen LogP contribution >= 0.6 is 11.5 Å². The van der Waals surface area contributed by atoms with Crippen LogP contribution in [-0.2, 0) is 13.0 Å². The molecule has 0 aromatic carbocycles. The maximum absolute atomic E-state index is 5.18. The first kappa shape index (κ1) is 11.8. The average molecular weight is 250 g/mol. The second-order valence-corrected chi connectivity index (χ2v) is 4.15. The van der Waals surface area contributed by atoms with Gasteiger partial charge >= 0.3 is 0 Å². The highest BCUT2D eigenvalue weighted by atomic mass is 32.1. The molecule has 0 aliphatic rings. The summed E-state index contributed by atoms with van der Waals surface area (Å²) in [4.78, 5) is 8.47. The van der Waals surface area contributed by atoms with E-state index in [9.17, 15) is 0 Å². The third-order valence-electron chi connectivity index (χ3n) is 2.26. The first-order valence-electron chi connectivity index (χ1n) is 5.37. The van der Waals surface area contributed by atoms with Crippen molar-refractivity contribution in [1.29, 1.82) is 0 Å². The Labute approximate surface area is 104 Å². The second-order valence-electron chi connectivity index (χ2n) is 3.39. The van der Waals surface area contributed by atoms with Crippen molar-refractivity contribution in [1.82, 2.24) is 14.3 Å². The minimum absolute atomic E-state index is 0.634. The molecule has 0 aliphatic carbocycles. The van der Waals surface area contributed by atoms with Gasteiger partial charge in [-0.2, -0.15) is 4.37 Å². The van der Waals surface area contributed by atoms with Gasteiger partial charge in [0.15, 0.2) is 0 Å². The number of rotatable bonds is 5. The maximum Gasteiger partial charge on any atom is 0.218 e. The second kappa shape index (κ2) is 5.58. The van der Waals surface area contributed by atoms with E-state index >= 15 is 0 Å². The monoisotopic (exact) mass is 250 g/mol. The Morgan fingerprint density at radius 3 is 3.06 bits per heavy atom. The first-order chi connectivity index (χ1) is 8.33. The molecule has 0 spiro atoms. The van der Waals surface area contributed by atoms with Crippen LogP contribution in [0.5, 0.6) is 5.88 Å². The summed E-state index contributed by atoms with van der Waals surface area (Å²) in [5.74, 6) is 1.51. The Hall–Kier alpha value is -1.69. The number of nitrogens with one attached hydrogen (secondary N) is 1. The van der Waals surface area contributed by atoms with Crippen LogP contribution in [-0.4, -0.2) is 21.5 Å². The predicted molar refractivity (Wildman–Crippen MR) is 67.4 cm³/mol. The van der Waals surface area contributed by atoms with E-state index in [0.29, 0.717) is 12.4 Å². The van der Waals surface area contributed by atoms with Gasteiger partial charge in [0.2, 0.25) is 11.0 Å². The average Bonchev–Trinajstić information content (AvgIpc) is 2.84. The van der Waals surface area contributed by atoms with Gasteiger partial charge in [0, 0.05) is 36.3 Å². The molecule has 2 heterocycles. The van der Waals surface area contributed by atoms with Gasteiger partial charge in [0.1, 0.15) is 5.82 Å². The SMILES string of the molecule is CCc1nsc(NCc2cccnc2OC)n1. The minimum atomic E-state index is 0.634. The standard InChI is InChI=1S/C11H14N4OS/c1-3-9-14-11(17-15-9)13-7-8-5-4-6-12-10(8)16-2/h4-6H,3,7H2,1-2H3,(H,13,14,15). The largest absolute Gasteiger partial charge is 0.481 e. The highest BCUT2D eigenvalue weighted by molar-refractivity contribution is 7.09. The van der Waals surface area contributed by atoms with Gasteiger partial charge < -0.3 is 10.1 Å². The van der Waals surface area contributed by atoms with Gasteiger partial charge in [0.05, 0.1) is 7.11 Å². The van der Waals surface area contributed by atoms with E-state index < -0.39 is 0 Å². The molecule has 0 bridgehead atoms. The molecule has 0 radical (unpaired) electrons. The number of nitrogens with zero attached hydrogens (tertiary/aromatic N) is 3. The summed E-state index contributed by atoms with van der Waals surface area (Å²) in [7, 11) is 1.62. The molecule has 0 unspecified atom stereocenters. The van der Waals surface area contributed by atoms with Gasteiger partial charge in [-0.15, -0.1) is 0 Å². The van der Waals surface area contributed by atoms with Crippen LogP contribution in [0.4, 0.5) is 5.13 Å². The fourth-order valence-electron chi connectivity index (χ4n) is 1.38. The van der Waals surface area contributed by atoms with E-state index in [2.05, 4.69) is 19.7 Å². The summed E-state index contributed by atoms with van der Waals surface area (Å²) in [5, 5.41) is 4.04. The number of pyridine rings is 1. The number of aryl methyl sites for hydroxylation is 1. The maximum atomic E-state index is 5.18. The molecule has 2 rings (SSSR count). The van der Waals surface area contributed by atoms with Crippen LogP contribution < -0.4 is 10.1 Å². The lowest BCUT2D eigenvalue weighted by molar-refractivity contribution is 0.393. The summed E-state index contributed by atoms with van der Waals surface area (Å²) in [5.41, 5.74) is 1.00. The molecule has 0 fully saturated rings. The number of hydrogen-bond donors (Lipinski definition) is 1. The summed E-state index contributed by atoms with van der Waals surface area (Å²) in [6.45, 7) is 2.67. The number of hydrogen-bond acceptors (Lipinski definition) is 6. The first-order valence-corrected chi connectivity index (χ1v) is 6.15. The van der Waals surface area contributed by atoms with Crippen molar-refractivity contribution < 1.29 is 4.74 Å². The zero-order valence-electron chi connectivity index (χ0n) is 9.80. The zero-order chi connectivity index (χ0) is 12.1. The number of aromatic nitrogens is 3.